The van der Waals surface area contributed by atoms with E-state index < -0.39 is 7.12 Å². The average molecular weight is 194 g/mol. The number of carbonyl (C=O) groups excluding carboxylic acids is 1. The molecular weight excluding hydrogens is 183 g/mol. The molecule has 1 aromatic heterocycles. The van der Waals surface area contributed by atoms with Crippen molar-refractivity contribution in [3.05, 3.63) is 17.9 Å². The zero-order chi connectivity index (χ0) is 9.80. The molecule has 0 bridgehead atoms. The van der Waals surface area contributed by atoms with E-state index >= 15 is 0 Å². The van der Waals surface area contributed by atoms with Crippen LogP contribution in [0.1, 0.15) is 23.4 Å². The van der Waals surface area contributed by atoms with Crippen molar-refractivity contribution in [2.75, 3.05) is 13.2 Å². The first kappa shape index (κ1) is 9.49. The van der Waals surface area contributed by atoms with Crippen LogP contribution in [0.2, 0.25) is 0 Å². The summed E-state index contributed by atoms with van der Waals surface area (Å²) in [5.74, 6) is 0.302. The van der Waals surface area contributed by atoms with Gasteiger partial charge in [-0.25, -0.2) is 0 Å². The van der Waals surface area contributed by atoms with Gasteiger partial charge in [-0.1, -0.05) is 0 Å². The highest BCUT2D eigenvalue weighted by Crippen LogP contribution is 2.05. The third kappa shape index (κ3) is 2.05. The summed E-state index contributed by atoms with van der Waals surface area (Å²) >= 11 is 0. The van der Waals surface area contributed by atoms with Crippen molar-refractivity contribution in [2.45, 2.75) is 12.8 Å². The second-order valence-corrected chi connectivity index (χ2v) is 3.14. The number of hydrogen-bond acceptors (Lipinski definition) is 4. The van der Waals surface area contributed by atoms with Gasteiger partial charge < -0.3 is 13.7 Å². The predicted octanol–water partition coefficient (Wildman–Crippen LogP) is 0.614. The molecule has 0 spiro atoms. The van der Waals surface area contributed by atoms with Crippen LogP contribution in [-0.4, -0.2) is 26.6 Å². The van der Waals surface area contributed by atoms with Crippen LogP contribution in [0.4, 0.5) is 0 Å². The average Bonchev–Trinajstić information content (AvgIpc) is 2.53. The van der Waals surface area contributed by atoms with Gasteiger partial charge in [-0.05, 0) is 25.0 Å². The Kier molecular flexibility index (Phi) is 3.01. The number of hydrogen-bond donors (Lipinski definition) is 0. The van der Waals surface area contributed by atoms with Gasteiger partial charge in [0.05, 0.1) is 0 Å². The van der Waals surface area contributed by atoms with Crippen molar-refractivity contribution in [1.82, 2.24) is 0 Å². The maximum atomic E-state index is 10.4. The number of furan rings is 1. The second kappa shape index (κ2) is 4.44. The number of carbonyl (C=O) groups is 1. The highest BCUT2D eigenvalue weighted by Gasteiger charge is 2.26. The van der Waals surface area contributed by atoms with Gasteiger partial charge in [-0.3, -0.25) is 4.79 Å². The summed E-state index contributed by atoms with van der Waals surface area (Å²) in [5.41, 5.74) is 0.564. The molecular formula is C9H11BO4. The first-order chi connectivity index (χ1) is 6.90. The Balaban J connectivity index is 2.08. The predicted molar refractivity (Wildman–Crippen MR) is 50.6 cm³/mol. The van der Waals surface area contributed by atoms with Crippen molar-refractivity contribution in [3.63, 3.8) is 0 Å². The van der Waals surface area contributed by atoms with Crippen LogP contribution in [-0.2, 0) is 9.31 Å². The third-order valence-corrected chi connectivity index (χ3v) is 2.07. The molecule has 0 radical (unpaired) electrons. The fourth-order valence-corrected chi connectivity index (χ4v) is 1.36. The van der Waals surface area contributed by atoms with Gasteiger partial charge in [-0.15, -0.1) is 0 Å². The lowest BCUT2D eigenvalue weighted by Gasteiger charge is -2.06. The Morgan fingerprint density at radius 2 is 1.93 bits per heavy atom. The molecule has 0 unspecified atom stereocenters. The van der Waals surface area contributed by atoms with E-state index in [1.807, 2.05) is 0 Å². The van der Waals surface area contributed by atoms with Crippen LogP contribution in [0.3, 0.4) is 0 Å². The van der Waals surface area contributed by atoms with Gasteiger partial charge in [0, 0.05) is 13.2 Å². The van der Waals surface area contributed by atoms with Crippen molar-refractivity contribution in [1.29, 1.82) is 0 Å². The molecule has 14 heavy (non-hydrogen) atoms. The zero-order valence-electron chi connectivity index (χ0n) is 7.77. The molecule has 2 rings (SSSR count). The van der Waals surface area contributed by atoms with Gasteiger partial charge in [0.2, 0.25) is 0 Å². The monoisotopic (exact) mass is 194 g/mol. The summed E-state index contributed by atoms with van der Waals surface area (Å²) in [5, 5.41) is 0. The minimum atomic E-state index is -0.453. The standard InChI is InChI=1S/C9H11BO4/c11-7-8-3-4-9(14-8)10-12-5-1-2-6-13-10/h3-4,7H,1-2,5-6H2. The largest absolute Gasteiger partial charge is 0.531 e. The lowest BCUT2D eigenvalue weighted by molar-refractivity contribution is 0.110. The van der Waals surface area contributed by atoms with E-state index in [1.165, 1.54) is 0 Å². The summed E-state index contributed by atoms with van der Waals surface area (Å²) in [6.07, 6.45) is 2.66. The Labute approximate surface area is 82.3 Å². The fourth-order valence-electron chi connectivity index (χ4n) is 1.36. The minimum Gasteiger partial charge on any atom is -0.462 e. The molecule has 0 aliphatic carbocycles. The lowest BCUT2D eigenvalue weighted by Crippen LogP contribution is -2.35. The van der Waals surface area contributed by atoms with Crippen LogP contribution in [0.25, 0.3) is 0 Å². The fraction of sp³-hybridized carbons (Fsp3) is 0.444. The molecule has 4 nitrogen and oxygen atoms in total. The first-order valence-electron chi connectivity index (χ1n) is 4.68. The van der Waals surface area contributed by atoms with Crippen molar-refractivity contribution in [3.8, 4) is 0 Å². The highest BCUT2D eigenvalue weighted by molar-refractivity contribution is 6.59. The van der Waals surface area contributed by atoms with Crippen LogP contribution >= 0.6 is 0 Å². The Bertz CT molecular complexity index is 302. The molecule has 1 saturated heterocycles. The molecule has 74 valence electrons. The maximum Gasteiger partial charge on any atom is 0.531 e. The summed E-state index contributed by atoms with van der Waals surface area (Å²) in [7, 11) is -0.453. The molecule has 0 atom stereocenters. The molecule has 5 heteroatoms. The summed E-state index contributed by atoms with van der Waals surface area (Å²) in [6.45, 7) is 1.34. The molecule has 0 aromatic carbocycles. The number of rotatable bonds is 2. The summed E-state index contributed by atoms with van der Waals surface area (Å²) in [4.78, 5) is 10.4. The van der Waals surface area contributed by atoms with E-state index in [4.69, 9.17) is 13.7 Å². The molecule has 0 saturated carbocycles. The van der Waals surface area contributed by atoms with Crippen LogP contribution in [0, 0.1) is 0 Å². The molecule has 0 amide bonds. The van der Waals surface area contributed by atoms with Gasteiger partial charge in [-0.2, -0.15) is 0 Å². The normalized spacial score (nSPS) is 17.9. The quantitative estimate of drug-likeness (QED) is 0.511. The maximum absolute atomic E-state index is 10.4. The Morgan fingerprint density at radius 1 is 1.21 bits per heavy atom. The van der Waals surface area contributed by atoms with E-state index in [0.717, 1.165) is 12.8 Å². The van der Waals surface area contributed by atoms with Crippen molar-refractivity contribution in [2.24, 2.45) is 0 Å². The van der Waals surface area contributed by atoms with Crippen molar-refractivity contribution >= 4 is 19.1 Å². The highest BCUT2D eigenvalue weighted by atomic mass is 16.6. The van der Waals surface area contributed by atoms with Crippen LogP contribution in [0.5, 0.6) is 0 Å². The summed E-state index contributed by atoms with van der Waals surface area (Å²) in [6, 6.07) is 3.32. The topological polar surface area (TPSA) is 48.7 Å². The van der Waals surface area contributed by atoms with Crippen LogP contribution < -0.4 is 5.66 Å². The second-order valence-electron chi connectivity index (χ2n) is 3.14. The smallest absolute Gasteiger partial charge is 0.462 e. The Morgan fingerprint density at radius 3 is 2.50 bits per heavy atom. The van der Waals surface area contributed by atoms with E-state index in [2.05, 4.69) is 0 Å². The van der Waals surface area contributed by atoms with Gasteiger partial charge >= 0.3 is 7.12 Å². The molecule has 1 aromatic rings. The third-order valence-electron chi connectivity index (χ3n) is 2.07. The van der Waals surface area contributed by atoms with Gasteiger partial charge in [0.15, 0.2) is 12.0 Å². The van der Waals surface area contributed by atoms with Crippen molar-refractivity contribution < 1.29 is 18.5 Å². The molecule has 0 N–H and O–H groups in total. The first-order valence-corrected chi connectivity index (χ1v) is 4.68. The molecule has 1 aliphatic rings. The minimum absolute atomic E-state index is 0.302. The Hall–Kier alpha value is -1.07. The molecule has 1 aliphatic heterocycles. The van der Waals surface area contributed by atoms with E-state index in [0.29, 0.717) is 30.9 Å². The van der Waals surface area contributed by atoms with Crippen LogP contribution in [0.15, 0.2) is 16.5 Å². The van der Waals surface area contributed by atoms with E-state index in [9.17, 15) is 4.79 Å². The number of aldehydes is 1. The molecule has 2 heterocycles. The molecule has 1 fully saturated rings. The lowest BCUT2D eigenvalue weighted by atomic mass is 9.86. The summed E-state index contributed by atoms with van der Waals surface area (Å²) < 4.78 is 16.0. The van der Waals surface area contributed by atoms with E-state index in [1.54, 1.807) is 12.1 Å². The SMILES string of the molecule is O=Cc1ccc(B2OCCCCO2)o1. The van der Waals surface area contributed by atoms with Gasteiger partial charge in [0.1, 0.15) is 5.66 Å². The van der Waals surface area contributed by atoms with E-state index in [-0.39, 0.29) is 0 Å². The zero-order valence-corrected chi connectivity index (χ0v) is 7.77. The van der Waals surface area contributed by atoms with Gasteiger partial charge in [0.25, 0.3) is 0 Å².